The van der Waals surface area contributed by atoms with Crippen molar-refractivity contribution in [2.75, 3.05) is 19.8 Å². The third-order valence-corrected chi connectivity index (χ3v) is 8.80. The van der Waals surface area contributed by atoms with E-state index in [0.717, 1.165) is 83.5 Å². The summed E-state index contributed by atoms with van der Waals surface area (Å²) in [6.45, 7) is 2.31. The third-order valence-electron chi connectivity index (χ3n) is 7.85. The van der Waals surface area contributed by atoms with E-state index in [1.54, 1.807) is 0 Å². The van der Waals surface area contributed by atoms with Crippen molar-refractivity contribution < 1.29 is 47.8 Å². The van der Waals surface area contributed by atoms with Crippen LogP contribution in [0.2, 0.25) is 0 Å². The molecule has 0 aliphatic rings. The minimum Gasteiger partial charge on any atom is -0.480 e. The van der Waals surface area contributed by atoms with Gasteiger partial charge < -0.3 is 25.2 Å². The monoisotopic (exact) mass is 803 g/mol. The average molecular weight is 804 g/mol. The first-order valence-electron chi connectivity index (χ1n) is 20.3. The summed E-state index contributed by atoms with van der Waals surface area (Å²) in [6, 6.07) is -1.60. The highest BCUT2D eigenvalue weighted by molar-refractivity contribution is 7.47. The number of aliphatic hydroxyl groups excluding tert-OH is 1. The molecule has 3 unspecified atom stereocenters. The Hall–Kier alpha value is -3.60. The molecule has 0 saturated carbocycles. The first kappa shape index (κ1) is 52.4. The molecule has 1 amide bonds. The highest BCUT2D eigenvalue weighted by Crippen LogP contribution is 2.43. The van der Waals surface area contributed by atoms with E-state index in [4.69, 9.17) is 13.8 Å². The number of carbonyl (C=O) groups is 3. The van der Waals surface area contributed by atoms with Crippen LogP contribution in [0.4, 0.5) is 0 Å². The Morgan fingerprint density at radius 3 is 1.59 bits per heavy atom. The van der Waals surface area contributed by atoms with Crippen LogP contribution < -0.4 is 5.32 Å². The number of hydrogen-bond donors (Lipinski definition) is 4. The van der Waals surface area contributed by atoms with E-state index >= 15 is 0 Å². The Kier molecular flexibility index (Phi) is 35.8. The van der Waals surface area contributed by atoms with Gasteiger partial charge in [-0.05, 0) is 77.0 Å². The van der Waals surface area contributed by atoms with Crippen LogP contribution in [0.15, 0.2) is 97.2 Å². The number of carboxylic acid groups (broad SMARTS) is 1. The molecule has 11 nitrogen and oxygen atoms in total. The van der Waals surface area contributed by atoms with Crippen LogP contribution in [0.25, 0.3) is 0 Å². The van der Waals surface area contributed by atoms with Gasteiger partial charge in [0, 0.05) is 12.8 Å². The van der Waals surface area contributed by atoms with Crippen LogP contribution in [0, 0.1) is 0 Å². The third kappa shape index (κ3) is 37.3. The number of esters is 1. The van der Waals surface area contributed by atoms with Crippen molar-refractivity contribution >= 4 is 25.7 Å². The van der Waals surface area contributed by atoms with E-state index in [1.165, 1.54) is 0 Å². The van der Waals surface area contributed by atoms with E-state index in [9.17, 15) is 34.1 Å². The smallest absolute Gasteiger partial charge is 0.472 e. The Morgan fingerprint density at radius 1 is 0.589 bits per heavy atom. The normalized spacial score (nSPS) is 14.8. The van der Waals surface area contributed by atoms with Crippen LogP contribution >= 0.6 is 7.82 Å². The number of aliphatic hydroxyl groups is 1. The standard InChI is InChI=1S/C44H70NO10P/c1-3-5-7-9-11-13-15-17-18-19-20-21-22-24-25-27-29-31-33-35-42(47)45-41(44(49)50)39-55-56(51,52)54-38-40(46)37-53-43(48)36-34-32-30-28-26-23-16-14-12-10-8-6-4-2/h5,7-8,10-11,13-14,16-18,20-21,24-25,29,31,40-41,46H,3-4,6,9,12,15,19,22-23,26-28,30,32-39H2,1-2H3,(H,45,47)(H,49,50)(H,51,52)/b7-5-,10-8-,13-11-,16-14-,18-17-,21-20-,25-24-,31-29-. The van der Waals surface area contributed by atoms with Crippen molar-refractivity contribution in [3.8, 4) is 0 Å². The van der Waals surface area contributed by atoms with Crippen molar-refractivity contribution in [3.63, 3.8) is 0 Å². The van der Waals surface area contributed by atoms with Crippen LogP contribution in [-0.4, -0.2) is 64.9 Å². The van der Waals surface area contributed by atoms with Gasteiger partial charge in [0.25, 0.3) is 0 Å². The summed E-state index contributed by atoms with van der Waals surface area (Å²) in [6.07, 6.45) is 47.4. The number of allylic oxidation sites excluding steroid dienone is 16. The molecule has 0 aromatic rings. The van der Waals surface area contributed by atoms with Gasteiger partial charge in [-0.1, -0.05) is 137 Å². The molecule has 0 aromatic heterocycles. The van der Waals surface area contributed by atoms with E-state index in [-0.39, 0.29) is 12.8 Å². The predicted molar refractivity (Wildman–Crippen MR) is 226 cm³/mol. The van der Waals surface area contributed by atoms with Gasteiger partial charge in [-0.25, -0.2) is 9.36 Å². The SMILES string of the molecule is CC/C=C\C/C=C\C/C=C\C/C=C\C/C=C\C/C=C\CCC(=O)NC(COP(=O)(O)OCC(O)COC(=O)CCCCCCC/C=C\C/C=C\CCC)C(=O)O. The number of ether oxygens (including phenoxy) is 1. The molecule has 3 atom stereocenters. The molecule has 0 bridgehead atoms. The molecular formula is C44H70NO10P. The van der Waals surface area contributed by atoms with Gasteiger partial charge in [-0.15, -0.1) is 0 Å². The Bertz CT molecular complexity index is 1310. The molecule has 0 fully saturated rings. The van der Waals surface area contributed by atoms with E-state index in [0.29, 0.717) is 19.3 Å². The molecule has 12 heteroatoms. The summed E-state index contributed by atoms with van der Waals surface area (Å²) < 4.78 is 26.7. The molecule has 0 spiro atoms. The molecule has 56 heavy (non-hydrogen) atoms. The number of aliphatic carboxylic acids is 1. The average Bonchev–Trinajstić information content (AvgIpc) is 3.17. The lowest BCUT2D eigenvalue weighted by molar-refractivity contribution is -0.147. The minimum absolute atomic E-state index is 0.0135. The Balaban J connectivity index is 4.10. The van der Waals surface area contributed by atoms with Gasteiger partial charge in [0.15, 0.2) is 6.04 Å². The second-order valence-electron chi connectivity index (χ2n) is 13.1. The number of carboxylic acids is 1. The topological polar surface area (TPSA) is 169 Å². The van der Waals surface area contributed by atoms with E-state index in [2.05, 4.69) is 98.2 Å². The fourth-order valence-electron chi connectivity index (χ4n) is 4.73. The zero-order valence-corrected chi connectivity index (χ0v) is 34.8. The second kappa shape index (κ2) is 38.3. The van der Waals surface area contributed by atoms with Gasteiger partial charge in [0.2, 0.25) is 5.91 Å². The number of amides is 1. The summed E-state index contributed by atoms with van der Waals surface area (Å²) >= 11 is 0. The van der Waals surface area contributed by atoms with Gasteiger partial charge in [-0.2, -0.15) is 0 Å². The molecule has 0 aliphatic heterocycles. The fourth-order valence-corrected chi connectivity index (χ4v) is 5.50. The molecule has 0 heterocycles. The highest BCUT2D eigenvalue weighted by Gasteiger charge is 2.28. The lowest BCUT2D eigenvalue weighted by Gasteiger charge is -2.18. The maximum atomic E-state index is 12.3. The van der Waals surface area contributed by atoms with E-state index < -0.39 is 57.6 Å². The van der Waals surface area contributed by atoms with Gasteiger partial charge in [0.05, 0.1) is 13.2 Å². The number of nitrogens with one attached hydrogen (secondary N) is 1. The van der Waals surface area contributed by atoms with Gasteiger partial charge >= 0.3 is 19.8 Å². The summed E-state index contributed by atoms with van der Waals surface area (Å²) in [5, 5.41) is 21.7. The van der Waals surface area contributed by atoms with Crippen molar-refractivity contribution in [2.24, 2.45) is 0 Å². The quantitative estimate of drug-likeness (QED) is 0.0207. The van der Waals surface area contributed by atoms with E-state index in [1.807, 2.05) is 18.2 Å². The van der Waals surface area contributed by atoms with Gasteiger partial charge in [0.1, 0.15) is 12.7 Å². The molecule has 0 saturated heterocycles. The highest BCUT2D eigenvalue weighted by atomic mass is 31.2. The fraction of sp³-hybridized carbons (Fsp3) is 0.568. The second-order valence-corrected chi connectivity index (χ2v) is 14.5. The first-order valence-corrected chi connectivity index (χ1v) is 21.8. The summed E-state index contributed by atoms with van der Waals surface area (Å²) in [5.74, 6) is -2.52. The predicted octanol–water partition coefficient (Wildman–Crippen LogP) is 10.1. The number of phosphoric ester groups is 1. The molecule has 316 valence electrons. The summed E-state index contributed by atoms with van der Waals surface area (Å²) in [7, 11) is -4.78. The van der Waals surface area contributed by atoms with Crippen molar-refractivity contribution in [1.29, 1.82) is 0 Å². The van der Waals surface area contributed by atoms with Crippen molar-refractivity contribution in [3.05, 3.63) is 97.2 Å². The lowest BCUT2D eigenvalue weighted by atomic mass is 10.1. The maximum Gasteiger partial charge on any atom is 0.472 e. The molecule has 4 N–H and O–H groups in total. The van der Waals surface area contributed by atoms with Gasteiger partial charge in [-0.3, -0.25) is 18.6 Å². The van der Waals surface area contributed by atoms with Crippen LogP contribution in [0.3, 0.4) is 0 Å². The number of unbranched alkanes of at least 4 members (excludes halogenated alkanes) is 6. The lowest BCUT2D eigenvalue weighted by Crippen LogP contribution is -2.43. The largest absolute Gasteiger partial charge is 0.480 e. The molecule has 0 aromatic carbocycles. The minimum atomic E-state index is -4.78. The molecule has 0 rings (SSSR count). The number of phosphoric acid groups is 1. The number of hydrogen-bond acceptors (Lipinski definition) is 8. The summed E-state index contributed by atoms with van der Waals surface area (Å²) in [4.78, 5) is 45.8. The number of rotatable bonds is 36. The maximum absolute atomic E-state index is 12.3. The molecular weight excluding hydrogens is 733 g/mol. The zero-order valence-electron chi connectivity index (χ0n) is 33.9. The Morgan fingerprint density at radius 2 is 1.05 bits per heavy atom. The van der Waals surface area contributed by atoms with Crippen LogP contribution in [-0.2, 0) is 32.7 Å². The molecule has 0 radical (unpaired) electrons. The van der Waals surface area contributed by atoms with Crippen LogP contribution in [0.1, 0.15) is 129 Å². The zero-order chi connectivity index (χ0) is 41.4. The Labute approximate surface area is 336 Å². The van der Waals surface area contributed by atoms with Crippen LogP contribution in [0.5, 0.6) is 0 Å². The van der Waals surface area contributed by atoms with Crippen molar-refractivity contribution in [2.45, 2.75) is 142 Å². The number of carbonyl (C=O) groups excluding carboxylic acids is 2. The molecule has 0 aliphatic carbocycles. The first-order chi connectivity index (χ1) is 27.1. The van der Waals surface area contributed by atoms with Crippen molar-refractivity contribution in [1.82, 2.24) is 5.32 Å². The summed E-state index contributed by atoms with van der Waals surface area (Å²) in [5.41, 5.74) is 0.